The molecule has 0 unspecified atom stereocenters. The summed E-state index contributed by atoms with van der Waals surface area (Å²) < 4.78 is 0.756. The molecule has 1 aliphatic rings. The zero-order chi connectivity index (χ0) is 17.6. The molecule has 8 heteroatoms. The van der Waals surface area contributed by atoms with Gasteiger partial charge in [0.2, 0.25) is 16.9 Å². The molecule has 0 atom stereocenters. The minimum absolute atomic E-state index is 0.223. The summed E-state index contributed by atoms with van der Waals surface area (Å²) in [5.41, 5.74) is 1.05. The van der Waals surface area contributed by atoms with Crippen molar-refractivity contribution in [2.75, 3.05) is 9.80 Å². The van der Waals surface area contributed by atoms with Gasteiger partial charge in [0.15, 0.2) is 0 Å². The fourth-order valence-corrected chi connectivity index (χ4v) is 3.86. The molecule has 6 nitrogen and oxygen atoms in total. The molecule has 0 aliphatic carbocycles. The molecular weight excluding hydrogens is 362 g/mol. The summed E-state index contributed by atoms with van der Waals surface area (Å²) in [6.07, 6.45) is -0.392. The molecule has 124 valence electrons. The fourth-order valence-electron chi connectivity index (χ4n) is 2.60. The van der Waals surface area contributed by atoms with E-state index in [0.29, 0.717) is 16.2 Å². The van der Waals surface area contributed by atoms with Crippen molar-refractivity contribution < 1.29 is 14.4 Å². The lowest BCUT2D eigenvalue weighted by molar-refractivity contribution is -0.126. The van der Waals surface area contributed by atoms with Crippen molar-refractivity contribution >= 4 is 61.8 Å². The van der Waals surface area contributed by atoms with Gasteiger partial charge in [-0.25, -0.2) is 19.6 Å². The number of rotatable bonds is 2. The topological polar surface area (TPSA) is 70.6 Å². The number of barbiturate groups is 1. The van der Waals surface area contributed by atoms with Crippen molar-refractivity contribution in [2.24, 2.45) is 0 Å². The van der Waals surface area contributed by atoms with Crippen molar-refractivity contribution in [1.82, 2.24) is 4.98 Å². The molecule has 4 amide bonds. The zero-order valence-electron chi connectivity index (χ0n) is 12.7. The number of hydrogen-bond donors (Lipinski definition) is 0. The molecule has 1 saturated heterocycles. The van der Waals surface area contributed by atoms with Gasteiger partial charge in [-0.15, -0.1) is 0 Å². The van der Waals surface area contributed by atoms with E-state index in [0.717, 1.165) is 14.5 Å². The molecule has 2 aromatic carbocycles. The number of para-hydroxylation sites is 1. The van der Waals surface area contributed by atoms with Crippen LogP contribution in [0.3, 0.4) is 0 Å². The van der Waals surface area contributed by atoms with E-state index in [-0.39, 0.29) is 5.13 Å². The predicted molar refractivity (Wildman–Crippen MR) is 96.1 cm³/mol. The molecule has 25 heavy (non-hydrogen) atoms. The number of imide groups is 2. The smallest absolute Gasteiger partial charge is 0.273 e. The van der Waals surface area contributed by atoms with Gasteiger partial charge >= 0.3 is 6.03 Å². The molecular formula is C17H10ClN3O3S. The third kappa shape index (κ3) is 2.67. The van der Waals surface area contributed by atoms with Crippen LogP contribution < -0.4 is 9.80 Å². The third-order valence-electron chi connectivity index (χ3n) is 3.73. The molecule has 0 bridgehead atoms. The standard InChI is InChI=1S/C17H10ClN3O3S/c18-10-6-7-12-13(8-10)25-16(19-12)21-15(23)9-14(22)20(17(21)24)11-4-2-1-3-5-11/h1-8H,9H2. The summed E-state index contributed by atoms with van der Waals surface area (Å²) in [6.45, 7) is 0. The Morgan fingerprint density at radius 3 is 2.44 bits per heavy atom. The second-order valence-corrected chi connectivity index (χ2v) is 6.81. The summed E-state index contributed by atoms with van der Waals surface area (Å²) in [6, 6.07) is 12.9. The van der Waals surface area contributed by atoms with Crippen molar-refractivity contribution in [3.8, 4) is 0 Å². The molecule has 1 aliphatic heterocycles. The molecule has 0 spiro atoms. The lowest BCUT2D eigenvalue weighted by atomic mass is 10.2. The maximum Gasteiger partial charge on any atom is 0.344 e. The number of aromatic nitrogens is 1. The van der Waals surface area contributed by atoms with Crippen LogP contribution in [0.25, 0.3) is 10.2 Å². The van der Waals surface area contributed by atoms with Crippen LogP contribution >= 0.6 is 22.9 Å². The van der Waals surface area contributed by atoms with Gasteiger partial charge in [-0.2, -0.15) is 0 Å². The highest BCUT2D eigenvalue weighted by Gasteiger charge is 2.41. The average molecular weight is 372 g/mol. The first-order valence-electron chi connectivity index (χ1n) is 7.35. The van der Waals surface area contributed by atoms with Crippen LogP contribution in [-0.4, -0.2) is 22.8 Å². The zero-order valence-corrected chi connectivity index (χ0v) is 14.3. The Hall–Kier alpha value is -2.77. The SMILES string of the molecule is O=C1CC(=O)N(c2nc3ccc(Cl)cc3s2)C(=O)N1c1ccccc1. The molecule has 0 N–H and O–H groups in total. The molecule has 1 aromatic heterocycles. The Morgan fingerprint density at radius 1 is 0.960 bits per heavy atom. The quantitative estimate of drug-likeness (QED) is 0.642. The van der Waals surface area contributed by atoms with Crippen LogP contribution in [0.4, 0.5) is 15.6 Å². The number of thiazole rings is 1. The summed E-state index contributed by atoms with van der Waals surface area (Å²) in [4.78, 5) is 43.7. The van der Waals surface area contributed by atoms with E-state index in [9.17, 15) is 14.4 Å². The summed E-state index contributed by atoms with van der Waals surface area (Å²) in [5.74, 6) is -1.14. The monoisotopic (exact) mass is 371 g/mol. The Bertz CT molecular complexity index is 1020. The minimum Gasteiger partial charge on any atom is -0.273 e. The number of fused-ring (bicyclic) bond motifs is 1. The molecule has 4 rings (SSSR count). The number of benzene rings is 2. The van der Waals surface area contributed by atoms with E-state index in [1.807, 2.05) is 0 Å². The maximum atomic E-state index is 12.8. The van der Waals surface area contributed by atoms with Crippen molar-refractivity contribution in [3.63, 3.8) is 0 Å². The molecule has 2 heterocycles. The first-order valence-corrected chi connectivity index (χ1v) is 8.55. The second kappa shape index (κ2) is 5.94. The Kier molecular flexibility index (Phi) is 3.74. The van der Waals surface area contributed by atoms with Gasteiger partial charge in [-0.05, 0) is 30.3 Å². The van der Waals surface area contributed by atoms with Crippen molar-refractivity contribution in [1.29, 1.82) is 0 Å². The number of urea groups is 1. The highest BCUT2D eigenvalue weighted by atomic mass is 35.5. The number of carbonyl (C=O) groups is 3. The van der Waals surface area contributed by atoms with Crippen molar-refractivity contribution in [3.05, 3.63) is 53.6 Å². The summed E-state index contributed by atoms with van der Waals surface area (Å²) >= 11 is 7.15. The van der Waals surface area contributed by atoms with Gasteiger partial charge in [-0.3, -0.25) is 9.59 Å². The van der Waals surface area contributed by atoms with Crippen molar-refractivity contribution in [2.45, 2.75) is 6.42 Å². The number of amides is 4. The van der Waals surface area contributed by atoms with Crippen LogP contribution in [0.1, 0.15) is 6.42 Å². The second-order valence-electron chi connectivity index (χ2n) is 5.36. The first kappa shape index (κ1) is 15.7. The van der Waals surface area contributed by atoms with E-state index in [1.165, 1.54) is 11.3 Å². The van der Waals surface area contributed by atoms with E-state index >= 15 is 0 Å². The van der Waals surface area contributed by atoms with Gasteiger partial charge in [0, 0.05) is 5.02 Å². The number of carbonyl (C=O) groups excluding carboxylic acids is 3. The van der Waals surface area contributed by atoms with Crippen LogP contribution in [0.15, 0.2) is 48.5 Å². The Labute approximate surface area is 151 Å². The van der Waals surface area contributed by atoms with Crippen LogP contribution in [0, 0.1) is 0 Å². The number of hydrogen-bond acceptors (Lipinski definition) is 5. The van der Waals surface area contributed by atoms with Gasteiger partial charge in [0.05, 0.1) is 15.9 Å². The molecule has 1 fully saturated rings. The minimum atomic E-state index is -0.724. The number of nitrogens with zero attached hydrogens (tertiary/aromatic N) is 3. The largest absolute Gasteiger partial charge is 0.344 e. The maximum absolute atomic E-state index is 12.8. The summed E-state index contributed by atoms with van der Waals surface area (Å²) in [7, 11) is 0. The third-order valence-corrected chi connectivity index (χ3v) is 4.97. The lowest BCUT2D eigenvalue weighted by Gasteiger charge is -2.31. The van der Waals surface area contributed by atoms with Gasteiger partial charge in [0.25, 0.3) is 0 Å². The predicted octanol–water partition coefficient (Wildman–Crippen LogP) is 3.84. The normalized spacial score (nSPS) is 15.3. The summed E-state index contributed by atoms with van der Waals surface area (Å²) in [5, 5.41) is 0.765. The van der Waals surface area contributed by atoms with Gasteiger partial charge in [-0.1, -0.05) is 41.1 Å². The van der Waals surface area contributed by atoms with Crippen LogP contribution in [-0.2, 0) is 9.59 Å². The average Bonchev–Trinajstić information content (AvgIpc) is 2.97. The van der Waals surface area contributed by atoms with E-state index in [2.05, 4.69) is 4.98 Å². The van der Waals surface area contributed by atoms with Crippen LogP contribution in [0.5, 0.6) is 0 Å². The van der Waals surface area contributed by atoms with Crippen LogP contribution in [0.2, 0.25) is 5.02 Å². The molecule has 0 radical (unpaired) electrons. The van der Waals surface area contributed by atoms with E-state index in [1.54, 1.807) is 48.5 Å². The van der Waals surface area contributed by atoms with Gasteiger partial charge < -0.3 is 0 Å². The highest BCUT2D eigenvalue weighted by Crippen LogP contribution is 2.33. The molecule has 0 saturated carbocycles. The Morgan fingerprint density at radius 2 is 1.68 bits per heavy atom. The van der Waals surface area contributed by atoms with E-state index in [4.69, 9.17) is 11.6 Å². The van der Waals surface area contributed by atoms with Gasteiger partial charge in [0.1, 0.15) is 6.42 Å². The lowest BCUT2D eigenvalue weighted by Crippen LogP contribution is -2.55. The highest BCUT2D eigenvalue weighted by molar-refractivity contribution is 7.22. The Balaban J connectivity index is 1.78. The van der Waals surface area contributed by atoms with E-state index < -0.39 is 24.3 Å². The number of halogens is 1. The molecule has 3 aromatic rings. The number of anilines is 2. The fraction of sp³-hybridized carbons (Fsp3) is 0.0588. The first-order chi connectivity index (χ1) is 12.0.